The number of fused-ring (bicyclic) bond motifs is 1. The number of pyridine rings is 1. The van der Waals surface area contributed by atoms with E-state index in [1.165, 1.54) is 6.07 Å². The first-order valence-corrected chi connectivity index (χ1v) is 8.23. The van der Waals surface area contributed by atoms with Gasteiger partial charge < -0.3 is 0 Å². The number of hydrogen-bond donors (Lipinski definition) is 0. The van der Waals surface area contributed by atoms with E-state index in [-0.39, 0.29) is 0 Å². The number of benzene rings is 2. The zero-order chi connectivity index (χ0) is 17.9. The van der Waals surface area contributed by atoms with E-state index in [0.717, 1.165) is 34.0 Å². The van der Waals surface area contributed by atoms with Crippen molar-refractivity contribution >= 4 is 5.71 Å². The second-order valence-corrected chi connectivity index (χ2v) is 6.05. The van der Waals surface area contributed by atoms with E-state index in [1.54, 1.807) is 12.3 Å². The van der Waals surface area contributed by atoms with E-state index in [4.69, 9.17) is 0 Å². The van der Waals surface area contributed by atoms with E-state index in [9.17, 15) is 8.78 Å². The molecule has 3 aromatic rings. The Kier molecular flexibility index (Phi) is 4.28. The Hall–Kier alpha value is -3.32. The second-order valence-electron chi connectivity index (χ2n) is 6.05. The lowest BCUT2D eigenvalue weighted by molar-refractivity contribution is 0.507. The molecular weight excluding hydrogens is 330 g/mol. The van der Waals surface area contributed by atoms with Crippen molar-refractivity contribution in [2.24, 2.45) is 4.99 Å². The van der Waals surface area contributed by atoms with Crippen LogP contribution >= 0.6 is 0 Å². The zero-order valence-electron chi connectivity index (χ0n) is 13.8. The van der Waals surface area contributed by atoms with Crippen LogP contribution in [0, 0.1) is 23.5 Å². The summed E-state index contributed by atoms with van der Waals surface area (Å²) in [6.07, 6.45) is 2.22. The fourth-order valence-electron chi connectivity index (χ4n) is 2.89. The molecule has 0 saturated carbocycles. The molecule has 126 valence electrons. The fraction of sp³-hybridized carbons (Fsp3) is 0.0909. The van der Waals surface area contributed by atoms with Gasteiger partial charge >= 0.3 is 0 Å². The van der Waals surface area contributed by atoms with Crippen molar-refractivity contribution in [3.63, 3.8) is 0 Å². The van der Waals surface area contributed by atoms with Crippen molar-refractivity contribution in [1.29, 1.82) is 0 Å². The van der Waals surface area contributed by atoms with Gasteiger partial charge in [-0.3, -0.25) is 4.99 Å². The van der Waals surface area contributed by atoms with Gasteiger partial charge in [0, 0.05) is 11.8 Å². The Balaban J connectivity index is 1.59. The zero-order valence-corrected chi connectivity index (χ0v) is 13.8. The lowest BCUT2D eigenvalue weighted by Gasteiger charge is -2.06. The fourth-order valence-corrected chi connectivity index (χ4v) is 2.89. The van der Waals surface area contributed by atoms with E-state index in [0.29, 0.717) is 18.7 Å². The van der Waals surface area contributed by atoms with Crippen LogP contribution in [-0.2, 0) is 13.0 Å². The minimum atomic E-state index is -0.832. The summed E-state index contributed by atoms with van der Waals surface area (Å²) in [5, 5.41) is 0. The van der Waals surface area contributed by atoms with Gasteiger partial charge in [0.25, 0.3) is 0 Å². The lowest BCUT2D eigenvalue weighted by Crippen LogP contribution is -1.98. The Bertz CT molecular complexity index is 1060. The summed E-state index contributed by atoms with van der Waals surface area (Å²) in [5.74, 6) is 4.46. The van der Waals surface area contributed by atoms with Gasteiger partial charge in [0.1, 0.15) is 11.4 Å². The van der Waals surface area contributed by atoms with Crippen LogP contribution in [0.25, 0.3) is 0 Å². The topological polar surface area (TPSA) is 25.2 Å². The number of hydrogen-bond acceptors (Lipinski definition) is 2. The normalized spacial score (nSPS) is 12.2. The predicted octanol–water partition coefficient (Wildman–Crippen LogP) is 4.31. The molecule has 0 atom stereocenters. The second kappa shape index (κ2) is 6.89. The average molecular weight is 344 g/mol. The number of aromatic nitrogens is 1. The van der Waals surface area contributed by atoms with Gasteiger partial charge in [-0.1, -0.05) is 24.3 Å². The molecule has 1 aliphatic rings. The smallest absolute Gasteiger partial charge is 0.159 e. The summed E-state index contributed by atoms with van der Waals surface area (Å²) in [7, 11) is 0. The molecule has 1 aromatic heterocycles. The molecule has 0 saturated heterocycles. The maximum Gasteiger partial charge on any atom is 0.159 e. The van der Waals surface area contributed by atoms with Gasteiger partial charge in [-0.15, -0.1) is 0 Å². The number of nitrogens with zero attached hydrogens (tertiary/aromatic N) is 2. The van der Waals surface area contributed by atoms with Crippen molar-refractivity contribution in [2.45, 2.75) is 13.0 Å². The standard InChI is InChI=1S/C22H14F2N2/c23-20-8-5-16(13-21(20)24)11-15-4-6-17-14-26-22(19(17)12-15)9-7-18-3-1-2-10-25-18/h1-6,8,10,12-13H,11,14H2. The van der Waals surface area contributed by atoms with Gasteiger partial charge in [-0.2, -0.15) is 0 Å². The molecule has 0 spiro atoms. The highest BCUT2D eigenvalue weighted by Gasteiger charge is 2.15. The molecule has 0 bridgehead atoms. The van der Waals surface area contributed by atoms with Crippen molar-refractivity contribution in [3.05, 3.63) is 100 Å². The molecule has 1 aliphatic heterocycles. The summed E-state index contributed by atoms with van der Waals surface area (Å²) in [6.45, 7) is 0.604. The van der Waals surface area contributed by atoms with E-state index in [1.807, 2.05) is 36.4 Å². The highest BCUT2D eigenvalue weighted by atomic mass is 19.2. The maximum atomic E-state index is 13.4. The predicted molar refractivity (Wildman–Crippen MR) is 97.0 cm³/mol. The van der Waals surface area contributed by atoms with Crippen LogP contribution in [-0.4, -0.2) is 10.7 Å². The van der Waals surface area contributed by atoms with E-state index in [2.05, 4.69) is 21.8 Å². The number of aliphatic imine (C=N–C) groups is 1. The third-order valence-corrected chi connectivity index (χ3v) is 4.20. The molecule has 2 heterocycles. The van der Waals surface area contributed by atoms with E-state index < -0.39 is 11.6 Å². The SMILES string of the molecule is Fc1ccc(Cc2ccc3c(c2)C(C#Cc2ccccn2)=NC3)cc1F. The first-order valence-electron chi connectivity index (χ1n) is 8.23. The Morgan fingerprint density at radius 3 is 2.54 bits per heavy atom. The molecule has 0 fully saturated rings. The quantitative estimate of drug-likeness (QED) is 0.636. The summed E-state index contributed by atoms with van der Waals surface area (Å²) in [4.78, 5) is 8.69. The van der Waals surface area contributed by atoms with Crippen molar-refractivity contribution in [1.82, 2.24) is 4.98 Å². The number of rotatable bonds is 2. The summed E-state index contributed by atoms with van der Waals surface area (Å²) < 4.78 is 26.5. The molecule has 0 aliphatic carbocycles. The van der Waals surface area contributed by atoms with Crippen LogP contribution in [0.1, 0.15) is 27.9 Å². The van der Waals surface area contributed by atoms with Crippen LogP contribution in [0.5, 0.6) is 0 Å². The van der Waals surface area contributed by atoms with Crippen molar-refractivity contribution < 1.29 is 8.78 Å². The van der Waals surface area contributed by atoms with Gasteiger partial charge in [-0.05, 0) is 65.3 Å². The van der Waals surface area contributed by atoms with E-state index >= 15 is 0 Å². The molecule has 2 aromatic carbocycles. The summed E-state index contributed by atoms with van der Waals surface area (Å²) >= 11 is 0. The molecule has 4 heteroatoms. The van der Waals surface area contributed by atoms with Crippen LogP contribution in [0.3, 0.4) is 0 Å². The monoisotopic (exact) mass is 344 g/mol. The average Bonchev–Trinajstić information content (AvgIpc) is 3.06. The summed E-state index contributed by atoms with van der Waals surface area (Å²) in [5.41, 5.74) is 5.26. The summed E-state index contributed by atoms with van der Waals surface area (Å²) in [6, 6.07) is 15.6. The first-order chi connectivity index (χ1) is 12.7. The third-order valence-electron chi connectivity index (χ3n) is 4.20. The van der Waals surface area contributed by atoms with Gasteiger partial charge in [0.2, 0.25) is 0 Å². The molecule has 0 N–H and O–H groups in total. The molecule has 26 heavy (non-hydrogen) atoms. The van der Waals surface area contributed by atoms with Crippen LogP contribution < -0.4 is 0 Å². The van der Waals surface area contributed by atoms with Crippen LogP contribution in [0.15, 0.2) is 65.8 Å². The molecular formula is C22H14F2N2. The highest BCUT2D eigenvalue weighted by Crippen LogP contribution is 2.22. The largest absolute Gasteiger partial charge is 0.271 e. The molecule has 0 unspecified atom stereocenters. The first kappa shape index (κ1) is 16.2. The lowest BCUT2D eigenvalue weighted by atomic mass is 9.98. The maximum absolute atomic E-state index is 13.4. The van der Waals surface area contributed by atoms with Crippen molar-refractivity contribution in [3.8, 4) is 11.8 Å². The van der Waals surface area contributed by atoms with Gasteiger partial charge in [0.15, 0.2) is 11.6 Å². The molecule has 2 nitrogen and oxygen atoms in total. The third kappa shape index (κ3) is 3.38. The van der Waals surface area contributed by atoms with Crippen LogP contribution in [0.4, 0.5) is 8.78 Å². The Morgan fingerprint density at radius 1 is 0.885 bits per heavy atom. The minimum absolute atomic E-state index is 0.519. The number of halogens is 2. The molecule has 4 rings (SSSR count). The van der Waals surface area contributed by atoms with Crippen LogP contribution in [0.2, 0.25) is 0 Å². The van der Waals surface area contributed by atoms with Gasteiger partial charge in [0.05, 0.1) is 6.54 Å². The Morgan fingerprint density at radius 2 is 1.73 bits per heavy atom. The minimum Gasteiger partial charge on any atom is -0.271 e. The van der Waals surface area contributed by atoms with Crippen molar-refractivity contribution in [2.75, 3.05) is 0 Å². The Labute approximate surface area is 150 Å². The highest BCUT2D eigenvalue weighted by molar-refractivity contribution is 6.15. The molecule has 0 radical (unpaired) electrons. The van der Waals surface area contributed by atoms with Gasteiger partial charge in [-0.25, -0.2) is 13.8 Å². The molecule has 0 amide bonds.